The minimum absolute atomic E-state index is 0.105. The third-order valence-corrected chi connectivity index (χ3v) is 5.37. The molecule has 0 amide bonds. The molecule has 3 atom stereocenters. The second-order valence-corrected chi connectivity index (χ2v) is 6.87. The summed E-state index contributed by atoms with van der Waals surface area (Å²) in [6, 6.07) is 0. The van der Waals surface area contributed by atoms with E-state index in [-0.39, 0.29) is 11.3 Å². The molecule has 0 radical (unpaired) electrons. The highest BCUT2D eigenvalue weighted by Crippen LogP contribution is 2.52. The molecule has 96 valence electrons. The topological polar surface area (TPSA) is 17.1 Å². The van der Waals surface area contributed by atoms with Crippen LogP contribution in [-0.2, 0) is 4.79 Å². The van der Waals surface area contributed by atoms with Gasteiger partial charge in [0.05, 0.1) is 0 Å². The lowest BCUT2D eigenvalue weighted by atomic mass is 9.58. The number of carbonyl (C=O) groups excluding carboxylic acids is 1. The predicted octanol–water partition coefficient (Wildman–Crippen LogP) is 4.37. The summed E-state index contributed by atoms with van der Waals surface area (Å²) < 4.78 is 0. The van der Waals surface area contributed by atoms with Gasteiger partial charge in [0.25, 0.3) is 0 Å². The summed E-state index contributed by atoms with van der Waals surface area (Å²) in [6.07, 6.45) is 4.72. The molecule has 0 saturated heterocycles. The standard InChI is InChI=1S/C16H26O/c1-10-8-13-6-7-14(12(3)17)16(4,5)15(13)9-11(10)2/h10-11,14H,6-9H2,1-5H3. The van der Waals surface area contributed by atoms with Crippen molar-refractivity contribution >= 4 is 5.78 Å². The Morgan fingerprint density at radius 3 is 2.35 bits per heavy atom. The van der Waals surface area contributed by atoms with E-state index in [4.69, 9.17) is 0 Å². The lowest BCUT2D eigenvalue weighted by Crippen LogP contribution is -2.38. The molecular weight excluding hydrogens is 208 g/mol. The molecule has 2 aliphatic rings. The highest BCUT2D eigenvalue weighted by molar-refractivity contribution is 5.80. The summed E-state index contributed by atoms with van der Waals surface area (Å²) in [5.41, 5.74) is 3.40. The van der Waals surface area contributed by atoms with Crippen molar-refractivity contribution in [3.05, 3.63) is 11.1 Å². The Kier molecular flexibility index (Phi) is 3.22. The van der Waals surface area contributed by atoms with Crippen LogP contribution < -0.4 is 0 Å². The number of hydrogen-bond donors (Lipinski definition) is 0. The van der Waals surface area contributed by atoms with Crippen molar-refractivity contribution in [2.24, 2.45) is 23.2 Å². The Morgan fingerprint density at radius 2 is 1.76 bits per heavy atom. The largest absolute Gasteiger partial charge is 0.300 e. The molecule has 0 aromatic carbocycles. The van der Waals surface area contributed by atoms with E-state index in [0.29, 0.717) is 5.78 Å². The molecule has 0 aliphatic heterocycles. The molecule has 1 nitrogen and oxygen atoms in total. The maximum absolute atomic E-state index is 11.8. The normalized spacial score (nSPS) is 36.6. The van der Waals surface area contributed by atoms with Crippen LogP contribution in [-0.4, -0.2) is 5.78 Å². The van der Waals surface area contributed by atoms with E-state index < -0.39 is 0 Å². The first-order valence-electron chi connectivity index (χ1n) is 7.05. The van der Waals surface area contributed by atoms with Crippen molar-refractivity contribution in [2.45, 2.75) is 60.3 Å². The van der Waals surface area contributed by atoms with Gasteiger partial charge in [0, 0.05) is 5.92 Å². The molecule has 0 spiro atoms. The summed E-state index contributed by atoms with van der Waals surface area (Å²) >= 11 is 0. The van der Waals surface area contributed by atoms with E-state index in [1.54, 1.807) is 18.1 Å². The average Bonchev–Trinajstić information content (AvgIpc) is 2.20. The highest BCUT2D eigenvalue weighted by Gasteiger charge is 2.42. The first-order chi connectivity index (χ1) is 7.84. The molecule has 3 unspecified atom stereocenters. The molecule has 0 aromatic heterocycles. The van der Waals surface area contributed by atoms with Crippen LogP contribution in [0.5, 0.6) is 0 Å². The summed E-state index contributed by atoms with van der Waals surface area (Å²) in [4.78, 5) is 11.8. The number of rotatable bonds is 1. The second kappa shape index (κ2) is 4.26. The van der Waals surface area contributed by atoms with Gasteiger partial charge in [-0.2, -0.15) is 0 Å². The molecule has 0 saturated carbocycles. The van der Waals surface area contributed by atoms with Crippen LogP contribution in [0.1, 0.15) is 60.3 Å². The van der Waals surface area contributed by atoms with E-state index in [1.165, 1.54) is 19.3 Å². The molecule has 0 heterocycles. The minimum Gasteiger partial charge on any atom is -0.300 e. The van der Waals surface area contributed by atoms with Gasteiger partial charge in [0.15, 0.2) is 0 Å². The first-order valence-corrected chi connectivity index (χ1v) is 7.05. The van der Waals surface area contributed by atoms with Crippen molar-refractivity contribution in [2.75, 3.05) is 0 Å². The van der Waals surface area contributed by atoms with Gasteiger partial charge < -0.3 is 0 Å². The van der Waals surface area contributed by atoms with Crippen molar-refractivity contribution in [1.29, 1.82) is 0 Å². The number of allylic oxidation sites excluding steroid dienone is 2. The Morgan fingerprint density at radius 1 is 1.18 bits per heavy atom. The van der Waals surface area contributed by atoms with Gasteiger partial charge in [-0.1, -0.05) is 38.8 Å². The number of Topliss-reactive ketones (excluding diaryl/α,β-unsaturated/α-hetero) is 1. The molecular formula is C16H26O. The van der Waals surface area contributed by atoms with E-state index >= 15 is 0 Å². The zero-order chi connectivity index (χ0) is 12.8. The summed E-state index contributed by atoms with van der Waals surface area (Å²) in [5.74, 6) is 2.23. The monoisotopic (exact) mass is 234 g/mol. The fourth-order valence-corrected chi connectivity index (χ4v) is 3.95. The molecule has 17 heavy (non-hydrogen) atoms. The third-order valence-electron chi connectivity index (χ3n) is 5.37. The van der Waals surface area contributed by atoms with Gasteiger partial charge in [0.2, 0.25) is 0 Å². The average molecular weight is 234 g/mol. The van der Waals surface area contributed by atoms with Gasteiger partial charge >= 0.3 is 0 Å². The highest BCUT2D eigenvalue weighted by atomic mass is 16.1. The van der Waals surface area contributed by atoms with Crippen molar-refractivity contribution in [1.82, 2.24) is 0 Å². The van der Waals surface area contributed by atoms with Crippen LogP contribution in [0.4, 0.5) is 0 Å². The smallest absolute Gasteiger partial charge is 0.133 e. The van der Waals surface area contributed by atoms with Gasteiger partial charge in [0.1, 0.15) is 5.78 Å². The van der Waals surface area contributed by atoms with E-state index in [9.17, 15) is 4.79 Å². The summed E-state index contributed by atoms with van der Waals surface area (Å²) in [5, 5.41) is 0. The van der Waals surface area contributed by atoms with Crippen LogP contribution in [0.25, 0.3) is 0 Å². The van der Waals surface area contributed by atoms with Gasteiger partial charge in [-0.05, 0) is 49.9 Å². The molecule has 0 fully saturated rings. The fraction of sp³-hybridized carbons (Fsp3) is 0.812. The molecule has 0 aromatic rings. The van der Waals surface area contributed by atoms with Crippen LogP contribution in [0.15, 0.2) is 11.1 Å². The number of ketones is 1. The molecule has 0 bridgehead atoms. The maximum atomic E-state index is 11.8. The Balaban J connectivity index is 2.35. The molecule has 1 heteroatoms. The van der Waals surface area contributed by atoms with Crippen LogP contribution in [0.2, 0.25) is 0 Å². The van der Waals surface area contributed by atoms with Crippen LogP contribution in [0.3, 0.4) is 0 Å². The Bertz CT molecular complexity index is 362. The SMILES string of the molecule is CC(=O)C1CCC2=C(CC(C)C(C)C2)C1(C)C. The second-order valence-electron chi connectivity index (χ2n) is 6.87. The summed E-state index contributed by atoms with van der Waals surface area (Å²) in [6.45, 7) is 11.1. The van der Waals surface area contributed by atoms with E-state index in [0.717, 1.165) is 18.3 Å². The maximum Gasteiger partial charge on any atom is 0.133 e. The van der Waals surface area contributed by atoms with Crippen molar-refractivity contribution < 1.29 is 4.79 Å². The molecule has 2 aliphatic carbocycles. The van der Waals surface area contributed by atoms with Crippen LogP contribution >= 0.6 is 0 Å². The lowest BCUT2D eigenvalue weighted by molar-refractivity contribution is -0.124. The Hall–Kier alpha value is -0.590. The number of hydrogen-bond acceptors (Lipinski definition) is 1. The molecule has 0 N–H and O–H groups in total. The van der Waals surface area contributed by atoms with Crippen molar-refractivity contribution in [3.8, 4) is 0 Å². The molecule has 2 rings (SSSR count). The quantitative estimate of drug-likeness (QED) is 0.616. The van der Waals surface area contributed by atoms with Gasteiger partial charge in [-0.15, -0.1) is 0 Å². The first kappa shape index (κ1) is 12.9. The summed E-state index contributed by atoms with van der Waals surface area (Å²) in [7, 11) is 0. The fourth-order valence-electron chi connectivity index (χ4n) is 3.95. The van der Waals surface area contributed by atoms with E-state index in [2.05, 4.69) is 27.7 Å². The van der Waals surface area contributed by atoms with Crippen LogP contribution in [0, 0.1) is 23.2 Å². The van der Waals surface area contributed by atoms with Gasteiger partial charge in [-0.3, -0.25) is 4.79 Å². The van der Waals surface area contributed by atoms with E-state index in [1.807, 2.05) is 0 Å². The zero-order valence-corrected chi connectivity index (χ0v) is 12.0. The lowest BCUT2D eigenvalue weighted by Gasteiger charge is -2.46. The Labute approximate surface area is 106 Å². The minimum atomic E-state index is 0.105. The van der Waals surface area contributed by atoms with Crippen molar-refractivity contribution in [3.63, 3.8) is 0 Å². The predicted molar refractivity (Wildman–Crippen MR) is 71.8 cm³/mol. The zero-order valence-electron chi connectivity index (χ0n) is 12.0. The van der Waals surface area contributed by atoms with Gasteiger partial charge in [-0.25, -0.2) is 0 Å². The third kappa shape index (κ3) is 2.09. The number of carbonyl (C=O) groups is 1.